The third-order valence-electron chi connectivity index (χ3n) is 5.68. The third-order valence-corrected chi connectivity index (χ3v) is 8.22. The van der Waals surface area contributed by atoms with Crippen LogP contribution in [0, 0.1) is 0 Å². The molecule has 130 valence electrons. The van der Waals surface area contributed by atoms with Crippen LogP contribution in [0.1, 0.15) is 45.4 Å². The van der Waals surface area contributed by atoms with Gasteiger partial charge in [-0.3, -0.25) is 4.79 Å². The van der Waals surface area contributed by atoms with Crippen LogP contribution in [-0.4, -0.2) is 59.7 Å². The Balaban J connectivity index is 1.64. The Labute approximate surface area is 141 Å². The molecule has 0 amide bonds. The Morgan fingerprint density at radius 3 is 2.65 bits per heavy atom. The number of alkyl halides is 1. The summed E-state index contributed by atoms with van der Waals surface area (Å²) in [4.78, 5) is 11.9. The summed E-state index contributed by atoms with van der Waals surface area (Å²) in [6.45, 7) is 1.56. The van der Waals surface area contributed by atoms with E-state index in [-0.39, 0.29) is 24.3 Å². The van der Waals surface area contributed by atoms with E-state index in [0.717, 1.165) is 32.1 Å². The predicted molar refractivity (Wildman–Crippen MR) is 83.7 cm³/mol. The SMILES string of the molecule is CC(Cl)C(=O)OC1C2CC3C(O2)C1N(C1CCCCC1)S3(=O)=O. The largest absolute Gasteiger partial charge is 0.457 e. The zero-order valence-electron chi connectivity index (χ0n) is 13.1. The molecule has 4 aliphatic rings. The van der Waals surface area contributed by atoms with Crippen molar-refractivity contribution in [2.75, 3.05) is 0 Å². The van der Waals surface area contributed by atoms with Crippen LogP contribution in [0.4, 0.5) is 0 Å². The van der Waals surface area contributed by atoms with Crippen LogP contribution in [0.25, 0.3) is 0 Å². The number of carbonyl (C=O) groups is 1. The second-order valence-electron chi connectivity index (χ2n) is 7.09. The molecule has 4 rings (SSSR count). The molecule has 23 heavy (non-hydrogen) atoms. The van der Waals surface area contributed by atoms with Crippen molar-refractivity contribution >= 4 is 27.6 Å². The summed E-state index contributed by atoms with van der Waals surface area (Å²) in [5.74, 6) is -0.503. The molecule has 1 aliphatic carbocycles. The molecule has 3 aliphatic heterocycles. The van der Waals surface area contributed by atoms with E-state index in [1.807, 2.05) is 0 Å². The molecule has 0 radical (unpaired) electrons. The average Bonchev–Trinajstić information content (AvgIpc) is 3.11. The molecule has 0 spiro atoms. The van der Waals surface area contributed by atoms with Crippen molar-refractivity contribution in [1.29, 1.82) is 0 Å². The van der Waals surface area contributed by atoms with Crippen LogP contribution in [0.3, 0.4) is 0 Å². The number of halogens is 1. The van der Waals surface area contributed by atoms with Crippen LogP contribution in [0.2, 0.25) is 0 Å². The van der Waals surface area contributed by atoms with Gasteiger partial charge in [0.2, 0.25) is 10.0 Å². The number of carbonyl (C=O) groups excluding carboxylic acids is 1. The Morgan fingerprint density at radius 2 is 2.00 bits per heavy atom. The summed E-state index contributed by atoms with van der Waals surface area (Å²) in [6, 6.07) is -0.354. The first kappa shape index (κ1) is 16.1. The average molecular weight is 364 g/mol. The van der Waals surface area contributed by atoms with Crippen molar-refractivity contribution in [3.05, 3.63) is 0 Å². The molecule has 3 saturated heterocycles. The van der Waals surface area contributed by atoms with Crippen LogP contribution in [0.5, 0.6) is 0 Å². The predicted octanol–water partition coefficient (Wildman–Crippen LogP) is 1.41. The molecular weight excluding hydrogens is 342 g/mol. The Morgan fingerprint density at radius 1 is 1.30 bits per heavy atom. The molecule has 0 aromatic carbocycles. The van der Waals surface area contributed by atoms with Gasteiger partial charge in [0.15, 0.2) is 0 Å². The van der Waals surface area contributed by atoms with E-state index in [0.29, 0.717) is 6.42 Å². The van der Waals surface area contributed by atoms with E-state index >= 15 is 0 Å². The number of fused-ring (bicyclic) bond motifs is 1. The van der Waals surface area contributed by atoms with Crippen molar-refractivity contribution in [1.82, 2.24) is 4.31 Å². The maximum atomic E-state index is 13.0. The van der Waals surface area contributed by atoms with Gasteiger partial charge in [0, 0.05) is 6.04 Å². The Bertz CT molecular complexity index is 603. The normalized spacial score (nSPS) is 43.7. The first-order valence-electron chi connectivity index (χ1n) is 8.43. The molecule has 0 aromatic rings. The van der Waals surface area contributed by atoms with Gasteiger partial charge in [0.05, 0.1) is 18.2 Å². The van der Waals surface area contributed by atoms with Crippen LogP contribution < -0.4 is 0 Å². The van der Waals surface area contributed by atoms with Crippen molar-refractivity contribution < 1.29 is 22.7 Å². The van der Waals surface area contributed by atoms with E-state index in [4.69, 9.17) is 21.1 Å². The molecule has 3 heterocycles. The number of esters is 1. The summed E-state index contributed by atoms with van der Waals surface area (Å²) >= 11 is 5.80. The van der Waals surface area contributed by atoms with E-state index in [1.165, 1.54) is 0 Å². The minimum absolute atomic E-state index is 0.0151. The summed E-state index contributed by atoms with van der Waals surface area (Å²) in [5.41, 5.74) is 0. The highest BCUT2D eigenvalue weighted by molar-refractivity contribution is 7.90. The van der Waals surface area contributed by atoms with Gasteiger partial charge in [-0.15, -0.1) is 11.6 Å². The number of rotatable bonds is 3. The fourth-order valence-electron chi connectivity index (χ4n) is 4.69. The number of ether oxygens (including phenoxy) is 2. The quantitative estimate of drug-likeness (QED) is 0.560. The fourth-order valence-corrected chi connectivity index (χ4v) is 7.26. The molecule has 6 atom stereocenters. The molecule has 6 unspecified atom stereocenters. The van der Waals surface area contributed by atoms with Gasteiger partial charge in [0.1, 0.15) is 16.7 Å². The van der Waals surface area contributed by atoms with Gasteiger partial charge in [-0.2, -0.15) is 4.31 Å². The van der Waals surface area contributed by atoms with Crippen molar-refractivity contribution in [2.45, 2.75) is 86.5 Å². The second-order valence-corrected chi connectivity index (χ2v) is 9.80. The van der Waals surface area contributed by atoms with Gasteiger partial charge in [-0.25, -0.2) is 8.42 Å². The van der Waals surface area contributed by atoms with E-state index < -0.39 is 32.7 Å². The first-order valence-corrected chi connectivity index (χ1v) is 10.4. The lowest BCUT2D eigenvalue weighted by Crippen LogP contribution is -2.51. The highest BCUT2D eigenvalue weighted by atomic mass is 35.5. The lowest BCUT2D eigenvalue weighted by Gasteiger charge is -2.35. The number of hydrogen-bond acceptors (Lipinski definition) is 5. The number of nitrogens with zero attached hydrogens (tertiary/aromatic N) is 1. The summed E-state index contributed by atoms with van der Waals surface area (Å²) in [5, 5.41) is -1.21. The molecule has 0 N–H and O–H groups in total. The molecule has 2 bridgehead atoms. The lowest BCUT2D eigenvalue weighted by atomic mass is 9.89. The first-order chi connectivity index (χ1) is 10.9. The van der Waals surface area contributed by atoms with Crippen molar-refractivity contribution in [3.8, 4) is 0 Å². The summed E-state index contributed by atoms with van der Waals surface area (Å²) < 4.78 is 39.0. The summed E-state index contributed by atoms with van der Waals surface area (Å²) in [6.07, 6.45) is 4.22. The minimum atomic E-state index is -3.38. The topological polar surface area (TPSA) is 72.9 Å². The molecular formula is C15H22ClNO5S. The molecule has 4 fully saturated rings. The van der Waals surface area contributed by atoms with Crippen LogP contribution in [-0.2, 0) is 24.3 Å². The van der Waals surface area contributed by atoms with E-state index in [2.05, 4.69) is 0 Å². The van der Waals surface area contributed by atoms with E-state index in [1.54, 1.807) is 11.2 Å². The maximum absolute atomic E-state index is 13.0. The van der Waals surface area contributed by atoms with Gasteiger partial charge in [-0.05, 0) is 26.2 Å². The van der Waals surface area contributed by atoms with E-state index in [9.17, 15) is 13.2 Å². The number of sulfonamides is 1. The zero-order valence-corrected chi connectivity index (χ0v) is 14.6. The highest BCUT2D eigenvalue weighted by Crippen LogP contribution is 2.51. The standard InChI is InChI=1S/C15H22ClNO5S/c1-8(16)15(18)22-13-10-7-11-14(21-10)12(13)17(23(11,19)20)9-5-3-2-4-6-9/h8-14H,2-7H2,1H3. The van der Waals surface area contributed by atoms with Gasteiger partial charge in [0.25, 0.3) is 0 Å². The fraction of sp³-hybridized carbons (Fsp3) is 0.933. The molecule has 8 heteroatoms. The number of hydrogen-bond donors (Lipinski definition) is 0. The Kier molecular flexibility index (Phi) is 3.91. The van der Waals surface area contributed by atoms with Crippen molar-refractivity contribution in [2.24, 2.45) is 0 Å². The van der Waals surface area contributed by atoms with Gasteiger partial charge < -0.3 is 9.47 Å². The highest BCUT2D eigenvalue weighted by Gasteiger charge is 2.70. The van der Waals surface area contributed by atoms with Crippen molar-refractivity contribution in [3.63, 3.8) is 0 Å². The van der Waals surface area contributed by atoms with Crippen LogP contribution >= 0.6 is 11.6 Å². The van der Waals surface area contributed by atoms with Gasteiger partial charge >= 0.3 is 5.97 Å². The van der Waals surface area contributed by atoms with Crippen LogP contribution in [0.15, 0.2) is 0 Å². The maximum Gasteiger partial charge on any atom is 0.324 e. The minimum Gasteiger partial charge on any atom is -0.457 e. The monoisotopic (exact) mass is 363 g/mol. The zero-order chi connectivity index (χ0) is 16.4. The molecule has 0 aromatic heterocycles. The molecule has 1 saturated carbocycles. The smallest absolute Gasteiger partial charge is 0.324 e. The molecule has 6 nitrogen and oxygen atoms in total. The Hall–Kier alpha value is -0.370. The second kappa shape index (κ2) is 5.58. The summed E-state index contributed by atoms with van der Waals surface area (Å²) in [7, 11) is -3.38. The third kappa shape index (κ3) is 2.34. The van der Waals surface area contributed by atoms with Gasteiger partial charge in [-0.1, -0.05) is 19.3 Å². The lowest BCUT2D eigenvalue weighted by molar-refractivity contribution is -0.152.